The second-order valence-corrected chi connectivity index (χ2v) is 6.32. The van der Waals surface area contributed by atoms with Gasteiger partial charge in [-0.25, -0.2) is 9.78 Å². The number of hydrogen-bond acceptors (Lipinski definition) is 3. The molecule has 144 valence electrons. The third-order valence-corrected chi connectivity index (χ3v) is 4.25. The van der Waals surface area contributed by atoms with Gasteiger partial charge >= 0.3 is 12.2 Å². The molecule has 1 N–H and O–H groups in total. The Labute approximate surface area is 155 Å². The van der Waals surface area contributed by atoms with Crippen LogP contribution in [0.3, 0.4) is 0 Å². The number of carbonyl (C=O) groups excluding carboxylic acids is 1. The summed E-state index contributed by atoms with van der Waals surface area (Å²) >= 11 is 0. The Bertz CT molecular complexity index is 762. The van der Waals surface area contributed by atoms with Crippen molar-refractivity contribution in [1.82, 2.24) is 15.2 Å². The number of nitrogens with one attached hydrogen (secondary N) is 1. The Morgan fingerprint density at radius 1 is 1.19 bits per heavy atom. The van der Waals surface area contributed by atoms with Crippen molar-refractivity contribution in [1.29, 1.82) is 0 Å². The summed E-state index contributed by atoms with van der Waals surface area (Å²) in [5.41, 5.74) is 0.300. The fourth-order valence-electron chi connectivity index (χ4n) is 2.78. The fraction of sp³-hybridized carbons (Fsp3) is 0.368. The number of amides is 2. The van der Waals surface area contributed by atoms with Crippen LogP contribution in [0.5, 0.6) is 5.88 Å². The largest absolute Gasteiger partial charge is 0.470 e. The average molecular weight is 379 g/mol. The molecule has 0 unspecified atom stereocenters. The number of aromatic nitrogens is 1. The molecule has 1 aromatic heterocycles. The van der Waals surface area contributed by atoms with Gasteiger partial charge in [0.1, 0.15) is 11.7 Å². The molecule has 0 saturated carbocycles. The van der Waals surface area contributed by atoms with E-state index >= 15 is 0 Å². The van der Waals surface area contributed by atoms with Gasteiger partial charge in [-0.05, 0) is 30.5 Å². The van der Waals surface area contributed by atoms with Crippen LogP contribution in [0, 0.1) is 0 Å². The van der Waals surface area contributed by atoms with E-state index in [9.17, 15) is 18.0 Å². The first-order chi connectivity index (χ1) is 12.9. The zero-order valence-electron chi connectivity index (χ0n) is 14.6. The summed E-state index contributed by atoms with van der Waals surface area (Å²) in [6, 6.07) is 11.9. The van der Waals surface area contributed by atoms with Gasteiger partial charge < -0.3 is 15.0 Å². The quantitative estimate of drug-likeness (QED) is 0.782. The van der Waals surface area contributed by atoms with E-state index < -0.39 is 23.7 Å². The van der Waals surface area contributed by atoms with Gasteiger partial charge in [0, 0.05) is 12.7 Å². The summed E-state index contributed by atoms with van der Waals surface area (Å²) in [5, 5.41) is 2.81. The summed E-state index contributed by atoms with van der Waals surface area (Å²) < 4.78 is 44.1. The number of likely N-dealkylation sites (tertiary alicyclic amines) is 1. The number of carbonyl (C=O) groups is 1. The smallest absolute Gasteiger partial charge is 0.421 e. The number of benzene rings is 1. The van der Waals surface area contributed by atoms with Gasteiger partial charge in [0.25, 0.3) is 0 Å². The lowest BCUT2D eigenvalue weighted by atomic mass is 10.1. The summed E-state index contributed by atoms with van der Waals surface area (Å²) in [7, 11) is 0. The van der Waals surface area contributed by atoms with Crippen molar-refractivity contribution in [3.05, 3.63) is 59.8 Å². The van der Waals surface area contributed by atoms with Gasteiger partial charge in [-0.2, -0.15) is 13.2 Å². The second kappa shape index (κ2) is 8.28. The Kier molecular flexibility index (Phi) is 5.83. The van der Waals surface area contributed by atoms with Crippen molar-refractivity contribution in [2.45, 2.75) is 25.1 Å². The van der Waals surface area contributed by atoms with Crippen LogP contribution in [0.2, 0.25) is 0 Å². The number of aryl methyl sites for hydroxylation is 1. The minimum atomic E-state index is -4.52. The number of rotatable bonds is 6. The third kappa shape index (κ3) is 5.12. The van der Waals surface area contributed by atoms with E-state index in [2.05, 4.69) is 10.3 Å². The van der Waals surface area contributed by atoms with Crippen molar-refractivity contribution in [2.24, 2.45) is 0 Å². The van der Waals surface area contributed by atoms with Crippen LogP contribution in [-0.2, 0) is 12.6 Å². The van der Waals surface area contributed by atoms with Gasteiger partial charge in [-0.1, -0.05) is 30.3 Å². The van der Waals surface area contributed by atoms with Crippen LogP contribution in [0.25, 0.3) is 0 Å². The number of ether oxygens (including phenoxy) is 1. The molecule has 1 fully saturated rings. The molecule has 5 nitrogen and oxygen atoms in total. The molecule has 3 rings (SSSR count). The molecule has 1 aliphatic rings. The minimum absolute atomic E-state index is 0.235. The molecule has 0 radical (unpaired) electrons. The van der Waals surface area contributed by atoms with Crippen LogP contribution in [0.1, 0.15) is 17.5 Å². The highest BCUT2D eigenvalue weighted by atomic mass is 19.4. The van der Waals surface area contributed by atoms with Gasteiger partial charge in [0.15, 0.2) is 0 Å². The summed E-state index contributed by atoms with van der Waals surface area (Å²) in [5.74, 6) is -0.446. The first-order valence-electron chi connectivity index (χ1n) is 8.69. The fourth-order valence-corrected chi connectivity index (χ4v) is 2.78. The zero-order chi connectivity index (χ0) is 19.3. The molecule has 0 aliphatic carbocycles. The molecule has 27 heavy (non-hydrogen) atoms. The van der Waals surface area contributed by atoms with Gasteiger partial charge in [-0.3, -0.25) is 0 Å². The maximum atomic E-state index is 12.9. The van der Waals surface area contributed by atoms with E-state index in [0.717, 1.165) is 18.9 Å². The van der Waals surface area contributed by atoms with Crippen LogP contribution >= 0.6 is 0 Å². The van der Waals surface area contributed by atoms with E-state index in [-0.39, 0.29) is 19.1 Å². The molecule has 2 amide bonds. The first-order valence-corrected chi connectivity index (χ1v) is 8.69. The first kappa shape index (κ1) is 19.0. The Morgan fingerprint density at radius 3 is 2.63 bits per heavy atom. The minimum Gasteiger partial charge on any atom is -0.470 e. The van der Waals surface area contributed by atoms with E-state index in [0.29, 0.717) is 6.54 Å². The van der Waals surface area contributed by atoms with Gasteiger partial charge in [-0.15, -0.1) is 0 Å². The lowest BCUT2D eigenvalue weighted by molar-refractivity contribution is -0.140. The molecule has 1 aromatic carbocycles. The second-order valence-electron chi connectivity index (χ2n) is 6.32. The number of urea groups is 1. The molecule has 1 aliphatic heterocycles. The van der Waals surface area contributed by atoms with Crippen molar-refractivity contribution in [3.8, 4) is 5.88 Å². The maximum Gasteiger partial charge on any atom is 0.421 e. The predicted octanol–water partition coefficient (Wildman–Crippen LogP) is 3.51. The third-order valence-electron chi connectivity index (χ3n) is 4.25. The highest BCUT2D eigenvalue weighted by Gasteiger charge is 2.38. The summed E-state index contributed by atoms with van der Waals surface area (Å²) in [6.45, 7) is 1.00. The molecule has 0 spiro atoms. The molecule has 0 atom stereocenters. The number of alkyl halides is 3. The molecule has 1 saturated heterocycles. The summed E-state index contributed by atoms with van der Waals surface area (Å²) in [4.78, 5) is 17.2. The standard InChI is InChI=1S/C19H20F3N3O2/c20-19(21,22)16-9-5-10-23-17(16)27-15-12-25(13-15)18(26)24-11-4-8-14-6-2-1-3-7-14/h1-3,5-7,9-10,15H,4,8,11-13H2,(H,24,26). The lowest BCUT2D eigenvalue weighted by Crippen LogP contribution is -2.59. The van der Waals surface area contributed by atoms with Crippen molar-refractivity contribution in [2.75, 3.05) is 19.6 Å². The van der Waals surface area contributed by atoms with Crippen LogP contribution in [0.4, 0.5) is 18.0 Å². The number of halogens is 3. The SMILES string of the molecule is O=C(NCCCc1ccccc1)N1CC(Oc2ncccc2C(F)(F)F)C1. The highest BCUT2D eigenvalue weighted by Crippen LogP contribution is 2.35. The van der Waals surface area contributed by atoms with Crippen molar-refractivity contribution in [3.63, 3.8) is 0 Å². The molecule has 0 bridgehead atoms. The Morgan fingerprint density at radius 2 is 1.93 bits per heavy atom. The molecule has 8 heteroatoms. The Balaban J connectivity index is 1.39. The topological polar surface area (TPSA) is 54.5 Å². The van der Waals surface area contributed by atoms with Crippen LogP contribution in [-0.4, -0.2) is 41.7 Å². The Hall–Kier alpha value is -2.77. The number of hydrogen-bond donors (Lipinski definition) is 1. The van der Waals surface area contributed by atoms with E-state index in [1.54, 1.807) is 0 Å². The molecular weight excluding hydrogens is 359 g/mol. The lowest BCUT2D eigenvalue weighted by Gasteiger charge is -2.38. The molecular formula is C19H20F3N3O2. The van der Waals surface area contributed by atoms with Crippen LogP contribution < -0.4 is 10.1 Å². The molecule has 2 heterocycles. The van der Waals surface area contributed by atoms with Crippen LogP contribution in [0.15, 0.2) is 48.7 Å². The average Bonchev–Trinajstić information content (AvgIpc) is 2.61. The zero-order valence-corrected chi connectivity index (χ0v) is 14.6. The van der Waals surface area contributed by atoms with Crippen molar-refractivity contribution >= 4 is 6.03 Å². The predicted molar refractivity (Wildman–Crippen MR) is 93.4 cm³/mol. The van der Waals surface area contributed by atoms with E-state index in [1.807, 2.05) is 30.3 Å². The van der Waals surface area contributed by atoms with Gasteiger partial charge in [0.2, 0.25) is 5.88 Å². The number of nitrogens with zero attached hydrogens (tertiary/aromatic N) is 2. The number of pyridine rings is 1. The van der Waals surface area contributed by atoms with E-state index in [4.69, 9.17) is 4.74 Å². The maximum absolute atomic E-state index is 12.9. The summed E-state index contributed by atoms with van der Waals surface area (Å²) in [6.07, 6.45) is -2.08. The van der Waals surface area contributed by atoms with E-state index in [1.165, 1.54) is 22.7 Å². The normalized spacial score (nSPS) is 14.6. The van der Waals surface area contributed by atoms with Crippen molar-refractivity contribution < 1.29 is 22.7 Å². The highest BCUT2D eigenvalue weighted by molar-refractivity contribution is 5.75. The molecule has 2 aromatic rings. The van der Waals surface area contributed by atoms with Gasteiger partial charge in [0.05, 0.1) is 13.1 Å². The monoisotopic (exact) mass is 379 g/mol.